The van der Waals surface area contributed by atoms with Crippen molar-refractivity contribution in [3.63, 3.8) is 0 Å². The molecule has 1 atom stereocenters. The summed E-state index contributed by atoms with van der Waals surface area (Å²) in [4.78, 5) is 28.4. The second kappa shape index (κ2) is 8.22. The zero-order valence-electron chi connectivity index (χ0n) is 15.8. The first kappa shape index (κ1) is 20.6. The van der Waals surface area contributed by atoms with Gasteiger partial charge in [-0.15, -0.1) is 11.3 Å². The van der Waals surface area contributed by atoms with Crippen LogP contribution in [0.2, 0.25) is 5.02 Å². The molecule has 3 heterocycles. The highest BCUT2D eigenvalue weighted by atomic mass is 35.5. The Hall–Kier alpha value is -1.68. The molecule has 0 bridgehead atoms. The molecule has 2 aliphatic heterocycles. The van der Waals surface area contributed by atoms with Crippen LogP contribution in [-0.4, -0.2) is 62.3 Å². The van der Waals surface area contributed by atoms with Crippen molar-refractivity contribution in [2.24, 2.45) is 0 Å². The van der Waals surface area contributed by atoms with E-state index < -0.39 is 16.1 Å². The Labute approximate surface area is 178 Å². The number of amides is 2. The number of carbonyl (C=O) groups excluding carboxylic acids is 2. The number of rotatable bonds is 5. The zero-order chi connectivity index (χ0) is 20.6. The molecule has 1 aromatic carbocycles. The van der Waals surface area contributed by atoms with Crippen molar-refractivity contribution in [2.75, 3.05) is 26.2 Å². The van der Waals surface area contributed by atoms with Gasteiger partial charge in [0, 0.05) is 34.7 Å². The fraction of sp³-hybridized carbons (Fsp3) is 0.474. The summed E-state index contributed by atoms with van der Waals surface area (Å²) in [6.45, 7) is 1.93. The Balaban J connectivity index is 1.47. The number of nitrogens with one attached hydrogen (secondary N) is 1. The lowest BCUT2D eigenvalue weighted by molar-refractivity contribution is -0.142. The minimum absolute atomic E-state index is 0.00948. The topological polar surface area (TPSA) is 86.8 Å². The van der Waals surface area contributed by atoms with Gasteiger partial charge < -0.3 is 9.80 Å². The van der Waals surface area contributed by atoms with Gasteiger partial charge in [0.1, 0.15) is 10.3 Å². The van der Waals surface area contributed by atoms with Gasteiger partial charge in [-0.2, -0.15) is 4.72 Å². The molecule has 0 radical (unpaired) electrons. The van der Waals surface area contributed by atoms with E-state index in [1.165, 1.54) is 11.0 Å². The highest BCUT2D eigenvalue weighted by Gasteiger charge is 2.34. The highest BCUT2D eigenvalue weighted by molar-refractivity contribution is 7.91. The van der Waals surface area contributed by atoms with Crippen molar-refractivity contribution in [1.82, 2.24) is 14.5 Å². The second-order valence-corrected chi connectivity index (χ2v) is 10.8. The first-order valence-electron chi connectivity index (χ1n) is 9.62. The van der Waals surface area contributed by atoms with Crippen LogP contribution in [0.1, 0.15) is 25.7 Å². The molecule has 2 saturated heterocycles. The molecule has 2 aliphatic rings. The lowest BCUT2D eigenvalue weighted by Gasteiger charge is -2.33. The standard InChI is InChI=1S/C19H22ClN3O4S2/c20-14-5-3-7-16-13(14)11-18(28-16)29(26,27)21-15-6-4-10-23(19(15)25)12-17(24)22-8-1-2-9-22/h3,5,7,11,15,21H,1-2,4,6,8-10,12H2. The van der Waals surface area contributed by atoms with Gasteiger partial charge in [-0.25, -0.2) is 8.42 Å². The van der Waals surface area contributed by atoms with Gasteiger partial charge in [0.15, 0.2) is 0 Å². The van der Waals surface area contributed by atoms with Crippen LogP contribution in [0.15, 0.2) is 28.5 Å². The van der Waals surface area contributed by atoms with E-state index >= 15 is 0 Å². The Bertz CT molecular complexity index is 1050. The van der Waals surface area contributed by atoms with Crippen LogP contribution >= 0.6 is 22.9 Å². The van der Waals surface area contributed by atoms with E-state index in [1.54, 1.807) is 17.0 Å². The molecule has 1 N–H and O–H groups in total. The van der Waals surface area contributed by atoms with Gasteiger partial charge >= 0.3 is 0 Å². The first-order chi connectivity index (χ1) is 13.8. The molecule has 2 fully saturated rings. The van der Waals surface area contributed by atoms with Gasteiger partial charge in [-0.1, -0.05) is 17.7 Å². The van der Waals surface area contributed by atoms with Crippen LogP contribution < -0.4 is 4.72 Å². The van der Waals surface area contributed by atoms with Gasteiger partial charge in [0.2, 0.25) is 11.8 Å². The zero-order valence-corrected chi connectivity index (χ0v) is 18.2. The molecule has 10 heteroatoms. The highest BCUT2D eigenvalue weighted by Crippen LogP contribution is 2.33. The van der Waals surface area contributed by atoms with E-state index in [0.29, 0.717) is 29.8 Å². The van der Waals surface area contributed by atoms with Crippen LogP contribution in [0.4, 0.5) is 0 Å². The average molecular weight is 456 g/mol. The van der Waals surface area contributed by atoms with E-state index in [9.17, 15) is 18.0 Å². The Morgan fingerprint density at radius 3 is 2.69 bits per heavy atom. The van der Waals surface area contributed by atoms with Crippen molar-refractivity contribution < 1.29 is 18.0 Å². The maximum absolute atomic E-state index is 12.9. The van der Waals surface area contributed by atoms with E-state index in [1.807, 2.05) is 6.07 Å². The van der Waals surface area contributed by atoms with E-state index in [-0.39, 0.29) is 22.6 Å². The summed E-state index contributed by atoms with van der Waals surface area (Å²) in [5, 5.41) is 1.16. The number of halogens is 1. The van der Waals surface area contributed by atoms with Crippen molar-refractivity contribution in [1.29, 1.82) is 0 Å². The molecule has 29 heavy (non-hydrogen) atoms. The number of sulfonamides is 1. The largest absolute Gasteiger partial charge is 0.341 e. The summed E-state index contributed by atoms with van der Waals surface area (Å²) in [7, 11) is -3.87. The normalized spacial score (nSPS) is 20.6. The lowest BCUT2D eigenvalue weighted by atomic mass is 10.1. The molecule has 0 spiro atoms. The number of piperidine rings is 1. The minimum atomic E-state index is -3.87. The number of hydrogen-bond donors (Lipinski definition) is 1. The van der Waals surface area contributed by atoms with Crippen molar-refractivity contribution in [2.45, 2.75) is 35.9 Å². The average Bonchev–Trinajstić information content (AvgIpc) is 3.35. The third-order valence-electron chi connectivity index (χ3n) is 5.36. The number of hydrogen-bond acceptors (Lipinski definition) is 5. The summed E-state index contributed by atoms with van der Waals surface area (Å²) in [5.74, 6) is -0.412. The molecule has 1 aromatic heterocycles. The van der Waals surface area contributed by atoms with Crippen LogP contribution in [-0.2, 0) is 19.6 Å². The maximum Gasteiger partial charge on any atom is 0.250 e. The quantitative estimate of drug-likeness (QED) is 0.750. The van der Waals surface area contributed by atoms with Crippen LogP contribution in [0, 0.1) is 0 Å². The summed E-state index contributed by atoms with van der Waals surface area (Å²) in [6, 6.07) is 5.96. The number of thiophene rings is 1. The predicted octanol–water partition coefficient (Wildman–Crippen LogP) is 2.45. The number of likely N-dealkylation sites (tertiary alicyclic amines) is 2. The SMILES string of the molecule is O=C(CN1CCCC(NS(=O)(=O)c2cc3c(Cl)cccc3s2)C1=O)N1CCCC1. The van der Waals surface area contributed by atoms with E-state index in [2.05, 4.69) is 4.72 Å². The Morgan fingerprint density at radius 2 is 1.97 bits per heavy atom. The smallest absolute Gasteiger partial charge is 0.250 e. The molecule has 7 nitrogen and oxygen atoms in total. The third-order valence-corrected chi connectivity index (χ3v) is 8.74. The van der Waals surface area contributed by atoms with Gasteiger partial charge in [0.05, 0.1) is 6.54 Å². The number of carbonyl (C=O) groups is 2. The molecule has 4 rings (SSSR count). The number of nitrogens with zero attached hydrogens (tertiary/aromatic N) is 2. The predicted molar refractivity (Wildman–Crippen MR) is 113 cm³/mol. The summed E-state index contributed by atoms with van der Waals surface area (Å²) >= 11 is 7.27. The van der Waals surface area contributed by atoms with Crippen LogP contribution in [0.5, 0.6) is 0 Å². The molecule has 2 aromatic rings. The van der Waals surface area contributed by atoms with Crippen LogP contribution in [0.3, 0.4) is 0 Å². The summed E-state index contributed by atoms with van der Waals surface area (Å²) in [6.07, 6.45) is 3.03. The summed E-state index contributed by atoms with van der Waals surface area (Å²) in [5.41, 5.74) is 0. The molecule has 156 valence electrons. The second-order valence-electron chi connectivity index (χ2n) is 7.38. The Kier molecular flexibility index (Phi) is 5.83. The van der Waals surface area contributed by atoms with Gasteiger partial charge in [-0.3, -0.25) is 9.59 Å². The first-order valence-corrected chi connectivity index (χ1v) is 12.3. The Morgan fingerprint density at radius 1 is 1.21 bits per heavy atom. The third kappa shape index (κ3) is 4.28. The van der Waals surface area contributed by atoms with Gasteiger partial charge in [-0.05, 0) is 43.9 Å². The molecular weight excluding hydrogens is 434 g/mol. The lowest BCUT2D eigenvalue weighted by Crippen LogP contribution is -2.54. The van der Waals surface area contributed by atoms with E-state index in [4.69, 9.17) is 11.6 Å². The molecule has 0 saturated carbocycles. The molecule has 2 amide bonds. The van der Waals surface area contributed by atoms with Gasteiger partial charge in [0.25, 0.3) is 10.0 Å². The minimum Gasteiger partial charge on any atom is -0.341 e. The number of fused-ring (bicyclic) bond motifs is 1. The number of benzene rings is 1. The maximum atomic E-state index is 12.9. The van der Waals surface area contributed by atoms with Crippen molar-refractivity contribution in [3.05, 3.63) is 29.3 Å². The van der Waals surface area contributed by atoms with Crippen LogP contribution in [0.25, 0.3) is 10.1 Å². The van der Waals surface area contributed by atoms with Crippen molar-refractivity contribution >= 4 is 54.9 Å². The molecule has 1 unspecified atom stereocenters. The molecular formula is C19H22ClN3O4S2. The monoisotopic (exact) mass is 455 g/mol. The van der Waals surface area contributed by atoms with E-state index in [0.717, 1.165) is 42.0 Å². The van der Waals surface area contributed by atoms with Crippen molar-refractivity contribution in [3.8, 4) is 0 Å². The fourth-order valence-corrected chi connectivity index (χ4v) is 6.76. The summed E-state index contributed by atoms with van der Waals surface area (Å²) < 4.78 is 29.2. The molecule has 0 aliphatic carbocycles. The fourth-order valence-electron chi connectivity index (χ4n) is 3.82.